The molecule has 2 atom stereocenters. The zero-order valence-corrected chi connectivity index (χ0v) is 11.3. The molecule has 3 heteroatoms. The minimum Gasteiger partial charge on any atom is -0.362 e. The van der Waals surface area contributed by atoms with Gasteiger partial charge in [-0.05, 0) is 25.3 Å². The molecule has 1 aromatic rings. The normalized spacial score (nSPS) is 26.8. The molecule has 0 radical (unpaired) electrons. The van der Waals surface area contributed by atoms with Crippen molar-refractivity contribution < 1.29 is 0 Å². The summed E-state index contributed by atoms with van der Waals surface area (Å²) in [6, 6.07) is 11.1. The molecule has 1 fully saturated rings. The number of nitrogens with one attached hydrogen (secondary N) is 1. The number of benzene rings is 1. The van der Waals surface area contributed by atoms with Crippen molar-refractivity contribution in [1.82, 2.24) is 5.32 Å². The first-order chi connectivity index (χ1) is 8.24. The lowest BCUT2D eigenvalue weighted by atomic mass is 10.2. The number of thioether (sulfide) groups is 1. The highest BCUT2D eigenvalue weighted by atomic mass is 32.2. The Morgan fingerprint density at radius 2 is 2.06 bits per heavy atom. The SMILES string of the molecule is CC1CC(C)SC(=NCCc2ccccc2)N1. The van der Waals surface area contributed by atoms with Gasteiger partial charge in [0.2, 0.25) is 0 Å². The Morgan fingerprint density at radius 1 is 1.29 bits per heavy atom. The van der Waals surface area contributed by atoms with Gasteiger partial charge < -0.3 is 5.32 Å². The van der Waals surface area contributed by atoms with Gasteiger partial charge in [0.1, 0.15) is 0 Å². The second kappa shape index (κ2) is 6.10. The fourth-order valence-electron chi connectivity index (χ4n) is 2.05. The Balaban J connectivity index is 1.84. The highest BCUT2D eigenvalue weighted by molar-refractivity contribution is 8.14. The number of hydrogen-bond donors (Lipinski definition) is 1. The van der Waals surface area contributed by atoms with Crippen molar-refractivity contribution in [2.75, 3.05) is 6.54 Å². The first-order valence-electron chi connectivity index (χ1n) is 6.25. The molecule has 2 unspecified atom stereocenters. The van der Waals surface area contributed by atoms with Gasteiger partial charge in [0.15, 0.2) is 5.17 Å². The van der Waals surface area contributed by atoms with Gasteiger partial charge in [0.25, 0.3) is 0 Å². The Kier molecular flexibility index (Phi) is 4.49. The van der Waals surface area contributed by atoms with Gasteiger partial charge in [-0.2, -0.15) is 0 Å². The Bertz CT molecular complexity index is 363. The van der Waals surface area contributed by atoms with Crippen LogP contribution < -0.4 is 5.32 Å². The first kappa shape index (κ1) is 12.5. The standard InChI is InChI=1S/C14H20N2S/c1-11-10-12(2)17-14(16-11)15-9-8-13-6-4-3-5-7-13/h3-7,11-12H,8-10H2,1-2H3,(H,15,16). The lowest BCUT2D eigenvalue weighted by Crippen LogP contribution is -2.38. The molecule has 0 aromatic heterocycles. The molecule has 17 heavy (non-hydrogen) atoms. The summed E-state index contributed by atoms with van der Waals surface area (Å²) < 4.78 is 0. The van der Waals surface area contributed by atoms with Gasteiger partial charge in [-0.15, -0.1) is 0 Å². The maximum atomic E-state index is 4.65. The van der Waals surface area contributed by atoms with Gasteiger partial charge >= 0.3 is 0 Å². The van der Waals surface area contributed by atoms with Crippen LogP contribution in [0, 0.1) is 0 Å². The number of nitrogens with zero attached hydrogens (tertiary/aromatic N) is 1. The van der Waals surface area contributed by atoms with Crippen LogP contribution in [0.4, 0.5) is 0 Å². The van der Waals surface area contributed by atoms with Crippen LogP contribution >= 0.6 is 11.8 Å². The van der Waals surface area contributed by atoms with Crippen molar-refractivity contribution >= 4 is 16.9 Å². The Labute approximate surface area is 108 Å². The number of hydrogen-bond acceptors (Lipinski definition) is 2. The smallest absolute Gasteiger partial charge is 0.157 e. The molecule has 2 nitrogen and oxygen atoms in total. The lowest BCUT2D eigenvalue weighted by Gasteiger charge is -2.26. The first-order valence-corrected chi connectivity index (χ1v) is 7.13. The Hall–Kier alpha value is -0.960. The third-order valence-electron chi connectivity index (χ3n) is 2.87. The van der Waals surface area contributed by atoms with Crippen LogP contribution in [-0.2, 0) is 6.42 Å². The van der Waals surface area contributed by atoms with E-state index in [1.165, 1.54) is 12.0 Å². The summed E-state index contributed by atoms with van der Waals surface area (Å²) in [7, 11) is 0. The predicted octanol–water partition coefficient (Wildman–Crippen LogP) is 3.09. The van der Waals surface area contributed by atoms with Crippen molar-refractivity contribution in [3.8, 4) is 0 Å². The molecule has 1 aromatic carbocycles. The quantitative estimate of drug-likeness (QED) is 0.889. The summed E-state index contributed by atoms with van der Waals surface area (Å²) in [5, 5.41) is 5.25. The van der Waals surface area contributed by atoms with Crippen LogP contribution in [0.2, 0.25) is 0 Å². The molecule has 0 saturated carbocycles. The van der Waals surface area contributed by atoms with Gasteiger partial charge in [-0.3, -0.25) is 4.99 Å². The molecule has 2 rings (SSSR count). The van der Waals surface area contributed by atoms with E-state index in [1.54, 1.807) is 0 Å². The topological polar surface area (TPSA) is 24.4 Å². The van der Waals surface area contributed by atoms with Crippen molar-refractivity contribution in [2.45, 2.75) is 38.0 Å². The van der Waals surface area contributed by atoms with Crippen LogP contribution in [0.3, 0.4) is 0 Å². The van der Waals surface area contributed by atoms with Gasteiger partial charge in [0, 0.05) is 17.8 Å². The van der Waals surface area contributed by atoms with Crippen LogP contribution in [0.25, 0.3) is 0 Å². The summed E-state index contributed by atoms with van der Waals surface area (Å²) in [5.41, 5.74) is 1.36. The second-order valence-corrected chi connectivity index (χ2v) is 6.06. The highest BCUT2D eigenvalue weighted by Gasteiger charge is 2.19. The fraction of sp³-hybridized carbons (Fsp3) is 0.500. The molecule has 0 aliphatic carbocycles. The molecule has 1 heterocycles. The predicted molar refractivity (Wildman–Crippen MR) is 76.7 cm³/mol. The van der Waals surface area contributed by atoms with E-state index < -0.39 is 0 Å². The minimum atomic E-state index is 0.557. The summed E-state index contributed by atoms with van der Waals surface area (Å²) in [5.74, 6) is 0. The minimum absolute atomic E-state index is 0.557. The zero-order valence-electron chi connectivity index (χ0n) is 10.5. The molecule has 0 bridgehead atoms. The van der Waals surface area contributed by atoms with Gasteiger partial charge in [0.05, 0.1) is 0 Å². The molecule has 0 spiro atoms. The Morgan fingerprint density at radius 3 is 2.76 bits per heavy atom. The summed E-state index contributed by atoms with van der Waals surface area (Å²) in [6.07, 6.45) is 2.25. The molecular weight excluding hydrogens is 228 g/mol. The molecular formula is C14H20N2S. The fourth-order valence-corrected chi connectivity index (χ4v) is 3.26. The molecule has 0 amide bonds. The molecule has 1 N–H and O–H groups in total. The maximum absolute atomic E-state index is 4.65. The van der Waals surface area contributed by atoms with E-state index in [1.807, 2.05) is 11.8 Å². The average Bonchev–Trinajstić information content (AvgIpc) is 2.29. The molecule has 1 saturated heterocycles. The number of rotatable bonds is 3. The monoisotopic (exact) mass is 248 g/mol. The van der Waals surface area contributed by atoms with Crippen LogP contribution in [0.5, 0.6) is 0 Å². The summed E-state index contributed by atoms with van der Waals surface area (Å²) in [6.45, 7) is 5.37. The third kappa shape index (κ3) is 4.08. The lowest BCUT2D eigenvalue weighted by molar-refractivity contribution is 0.597. The van der Waals surface area contributed by atoms with E-state index >= 15 is 0 Å². The number of aliphatic imine (C=N–C) groups is 1. The maximum Gasteiger partial charge on any atom is 0.157 e. The largest absolute Gasteiger partial charge is 0.362 e. The summed E-state index contributed by atoms with van der Waals surface area (Å²) >= 11 is 1.86. The van der Waals surface area contributed by atoms with E-state index in [9.17, 15) is 0 Å². The van der Waals surface area contributed by atoms with E-state index in [2.05, 4.69) is 54.5 Å². The van der Waals surface area contributed by atoms with Crippen molar-refractivity contribution in [2.24, 2.45) is 4.99 Å². The second-order valence-electron chi connectivity index (χ2n) is 4.63. The van der Waals surface area contributed by atoms with Gasteiger partial charge in [-0.25, -0.2) is 0 Å². The van der Waals surface area contributed by atoms with Crippen LogP contribution in [0.1, 0.15) is 25.8 Å². The zero-order chi connectivity index (χ0) is 12.1. The van der Waals surface area contributed by atoms with Crippen molar-refractivity contribution in [3.05, 3.63) is 35.9 Å². The van der Waals surface area contributed by atoms with E-state index in [4.69, 9.17) is 0 Å². The van der Waals surface area contributed by atoms with E-state index in [-0.39, 0.29) is 0 Å². The van der Waals surface area contributed by atoms with E-state index in [0.29, 0.717) is 11.3 Å². The highest BCUT2D eigenvalue weighted by Crippen LogP contribution is 2.22. The number of amidine groups is 1. The molecule has 1 aliphatic rings. The van der Waals surface area contributed by atoms with Crippen molar-refractivity contribution in [3.63, 3.8) is 0 Å². The summed E-state index contributed by atoms with van der Waals surface area (Å²) in [4.78, 5) is 4.65. The molecule has 1 aliphatic heterocycles. The van der Waals surface area contributed by atoms with Crippen LogP contribution in [-0.4, -0.2) is 23.0 Å². The van der Waals surface area contributed by atoms with E-state index in [0.717, 1.165) is 18.1 Å². The van der Waals surface area contributed by atoms with Crippen LogP contribution in [0.15, 0.2) is 35.3 Å². The van der Waals surface area contributed by atoms with Gasteiger partial charge in [-0.1, -0.05) is 49.0 Å². The third-order valence-corrected chi connectivity index (χ3v) is 3.93. The van der Waals surface area contributed by atoms with Crippen molar-refractivity contribution in [1.29, 1.82) is 0 Å². The average molecular weight is 248 g/mol. The molecule has 92 valence electrons.